The van der Waals surface area contributed by atoms with Gasteiger partial charge in [0, 0.05) is 29.1 Å². The first kappa shape index (κ1) is 12.4. The standard InChI is InChI=1S/C13H10F3NO/c1-7-3-9(6-18)8(2)17(7)13-11(15)4-10(14)5-12(13)16/h3-6H,1-2H3. The van der Waals surface area contributed by atoms with Gasteiger partial charge in [-0.15, -0.1) is 0 Å². The Morgan fingerprint density at radius 1 is 1.06 bits per heavy atom. The van der Waals surface area contributed by atoms with Gasteiger partial charge in [0.15, 0.2) is 17.9 Å². The maximum atomic E-state index is 13.7. The van der Waals surface area contributed by atoms with Gasteiger partial charge in [-0.1, -0.05) is 0 Å². The largest absolute Gasteiger partial charge is 0.313 e. The maximum absolute atomic E-state index is 13.7. The fraction of sp³-hybridized carbons (Fsp3) is 0.154. The smallest absolute Gasteiger partial charge is 0.153 e. The van der Waals surface area contributed by atoms with E-state index in [0.29, 0.717) is 35.4 Å². The minimum absolute atomic E-state index is 0.343. The Hall–Kier alpha value is -2.04. The Bertz CT molecular complexity index is 608. The van der Waals surface area contributed by atoms with E-state index in [9.17, 15) is 18.0 Å². The lowest BCUT2D eigenvalue weighted by atomic mass is 10.2. The highest BCUT2D eigenvalue weighted by Crippen LogP contribution is 2.25. The van der Waals surface area contributed by atoms with E-state index in [1.807, 2.05) is 0 Å². The van der Waals surface area contributed by atoms with Crippen LogP contribution in [-0.2, 0) is 0 Å². The number of rotatable bonds is 2. The second kappa shape index (κ2) is 4.33. The molecule has 0 N–H and O–H groups in total. The zero-order chi connectivity index (χ0) is 13.4. The van der Waals surface area contributed by atoms with Crippen LogP contribution in [0, 0.1) is 31.3 Å². The number of benzene rings is 1. The van der Waals surface area contributed by atoms with Gasteiger partial charge in [0.1, 0.15) is 11.5 Å². The summed E-state index contributed by atoms with van der Waals surface area (Å²) in [4.78, 5) is 10.8. The Kier molecular flexibility index (Phi) is 2.98. The third-order valence-electron chi connectivity index (χ3n) is 2.80. The van der Waals surface area contributed by atoms with Crippen LogP contribution in [0.5, 0.6) is 0 Å². The molecule has 0 saturated heterocycles. The molecule has 0 atom stereocenters. The van der Waals surface area contributed by atoms with Gasteiger partial charge in [-0.05, 0) is 19.9 Å². The molecule has 2 rings (SSSR count). The summed E-state index contributed by atoms with van der Waals surface area (Å²) in [6, 6.07) is 2.74. The molecule has 18 heavy (non-hydrogen) atoms. The van der Waals surface area contributed by atoms with Crippen molar-refractivity contribution in [3.8, 4) is 5.69 Å². The molecule has 2 aromatic rings. The number of carbonyl (C=O) groups excluding carboxylic acids is 1. The van der Waals surface area contributed by atoms with Crippen LogP contribution in [0.15, 0.2) is 18.2 Å². The number of aldehydes is 1. The second-order valence-corrected chi connectivity index (χ2v) is 4.00. The molecule has 0 fully saturated rings. The quantitative estimate of drug-likeness (QED) is 0.752. The van der Waals surface area contributed by atoms with E-state index in [1.165, 1.54) is 10.6 Å². The molecular weight excluding hydrogens is 243 g/mol. The monoisotopic (exact) mass is 253 g/mol. The highest BCUT2D eigenvalue weighted by Gasteiger charge is 2.18. The Morgan fingerprint density at radius 3 is 2.06 bits per heavy atom. The van der Waals surface area contributed by atoms with Crippen LogP contribution in [0.2, 0.25) is 0 Å². The maximum Gasteiger partial charge on any atom is 0.153 e. The van der Waals surface area contributed by atoms with Crippen molar-refractivity contribution in [3.63, 3.8) is 0 Å². The lowest BCUT2D eigenvalue weighted by Crippen LogP contribution is -2.06. The van der Waals surface area contributed by atoms with Crippen molar-refractivity contribution in [3.05, 3.63) is 52.6 Å². The molecule has 5 heteroatoms. The Balaban J connectivity index is 2.77. The fourth-order valence-corrected chi connectivity index (χ4v) is 2.00. The summed E-state index contributed by atoms with van der Waals surface area (Å²) in [5.41, 5.74) is 0.876. The summed E-state index contributed by atoms with van der Waals surface area (Å²) in [7, 11) is 0. The van der Waals surface area contributed by atoms with Gasteiger partial charge in [0.25, 0.3) is 0 Å². The first-order valence-corrected chi connectivity index (χ1v) is 5.24. The Labute approximate surface area is 102 Å². The van der Waals surface area contributed by atoms with Gasteiger partial charge in [-0.3, -0.25) is 4.79 Å². The number of aryl methyl sites for hydroxylation is 1. The van der Waals surface area contributed by atoms with E-state index in [2.05, 4.69) is 0 Å². The SMILES string of the molecule is Cc1cc(C=O)c(C)n1-c1c(F)cc(F)cc1F. The number of hydrogen-bond acceptors (Lipinski definition) is 1. The first-order chi connectivity index (χ1) is 8.45. The van der Waals surface area contributed by atoms with Crippen LogP contribution < -0.4 is 0 Å². The van der Waals surface area contributed by atoms with Crippen LogP contribution in [0.1, 0.15) is 21.7 Å². The molecule has 1 aromatic heterocycles. The van der Waals surface area contributed by atoms with Crippen molar-refractivity contribution in [2.45, 2.75) is 13.8 Å². The molecule has 0 bridgehead atoms. The van der Waals surface area contributed by atoms with E-state index >= 15 is 0 Å². The summed E-state index contributed by atoms with van der Waals surface area (Å²) in [6.45, 7) is 3.18. The molecular formula is C13H10F3NO. The van der Waals surface area contributed by atoms with Gasteiger partial charge < -0.3 is 4.57 Å². The molecule has 0 unspecified atom stereocenters. The normalized spacial score (nSPS) is 10.7. The lowest BCUT2D eigenvalue weighted by molar-refractivity contribution is 0.112. The van der Waals surface area contributed by atoms with Gasteiger partial charge in [0.2, 0.25) is 0 Å². The minimum Gasteiger partial charge on any atom is -0.313 e. The molecule has 0 radical (unpaired) electrons. The number of carbonyl (C=O) groups is 1. The van der Waals surface area contributed by atoms with Crippen LogP contribution >= 0.6 is 0 Å². The van der Waals surface area contributed by atoms with Crippen LogP contribution in [0.3, 0.4) is 0 Å². The number of halogens is 3. The molecule has 2 nitrogen and oxygen atoms in total. The predicted octanol–water partition coefficient (Wildman–Crippen LogP) is 3.32. The molecule has 0 amide bonds. The summed E-state index contributed by atoms with van der Waals surface area (Å²) in [5, 5.41) is 0. The van der Waals surface area contributed by atoms with Gasteiger partial charge in [0.05, 0.1) is 0 Å². The topological polar surface area (TPSA) is 22.0 Å². The molecule has 1 heterocycles. The van der Waals surface area contributed by atoms with Crippen molar-refractivity contribution in [2.75, 3.05) is 0 Å². The summed E-state index contributed by atoms with van der Waals surface area (Å²) in [6.07, 6.45) is 0.609. The lowest BCUT2D eigenvalue weighted by Gasteiger charge is -2.11. The second-order valence-electron chi connectivity index (χ2n) is 4.00. The minimum atomic E-state index is -1.01. The number of nitrogens with zero attached hydrogens (tertiary/aromatic N) is 1. The van der Waals surface area contributed by atoms with Crippen molar-refractivity contribution in [1.82, 2.24) is 4.57 Å². The van der Waals surface area contributed by atoms with Gasteiger partial charge in [-0.2, -0.15) is 0 Å². The highest BCUT2D eigenvalue weighted by molar-refractivity contribution is 5.77. The van der Waals surface area contributed by atoms with E-state index < -0.39 is 17.5 Å². The van der Waals surface area contributed by atoms with Crippen LogP contribution in [0.4, 0.5) is 13.2 Å². The first-order valence-electron chi connectivity index (χ1n) is 5.24. The molecule has 94 valence electrons. The third-order valence-corrected chi connectivity index (χ3v) is 2.80. The predicted molar refractivity (Wildman–Crippen MR) is 60.5 cm³/mol. The molecule has 0 aliphatic carbocycles. The average molecular weight is 253 g/mol. The number of aromatic nitrogens is 1. The summed E-state index contributed by atoms with van der Waals surface area (Å²) < 4.78 is 41.5. The van der Waals surface area contributed by atoms with Crippen molar-refractivity contribution in [1.29, 1.82) is 0 Å². The van der Waals surface area contributed by atoms with E-state index in [-0.39, 0.29) is 5.69 Å². The zero-order valence-electron chi connectivity index (χ0n) is 9.80. The molecule has 0 spiro atoms. The fourth-order valence-electron chi connectivity index (χ4n) is 2.00. The number of hydrogen-bond donors (Lipinski definition) is 0. The zero-order valence-corrected chi connectivity index (χ0v) is 9.80. The van der Waals surface area contributed by atoms with Gasteiger partial charge in [-0.25, -0.2) is 13.2 Å². The highest BCUT2D eigenvalue weighted by atomic mass is 19.1. The summed E-state index contributed by atoms with van der Waals surface area (Å²) >= 11 is 0. The van der Waals surface area contributed by atoms with Crippen molar-refractivity contribution >= 4 is 6.29 Å². The molecule has 1 aromatic carbocycles. The Morgan fingerprint density at radius 2 is 1.61 bits per heavy atom. The third kappa shape index (κ3) is 1.81. The molecule has 0 aliphatic rings. The van der Waals surface area contributed by atoms with E-state index in [0.717, 1.165) is 0 Å². The average Bonchev–Trinajstić information content (AvgIpc) is 2.55. The summed E-state index contributed by atoms with van der Waals surface area (Å²) in [5.74, 6) is -3.00. The molecule has 0 saturated carbocycles. The van der Waals surface area contributed by atoms with Crippen molar-refractivity contribution < 1.29 is 18.0 Å². The molecule has 0 aliphatic heterocycles. The van der Waals surface area contributed by atoms with E-state index in [1.54, 1.807) is 13.8 Å². The van der Waals surface area contributed by atoms with Crippen LogP contribution in [0.25, 0.3) is 5.69 Å². The van der Waals surface area contributed by atoms with Gasteiger partial charge >= 0.3 is 0 Å². The van der Waals surface area contributed by atoms with E-state index in [4.69, 9.17) is 0 Å². The van der Waals surface area contributed by atoms with Crippen molar-refractivity contribution in [2.24, 2.45) is 0 Å². The van der Waals surface area contributed by atoms with Crippen LogP contribution in [-0.4, -0.2) is 10.9 Å².